The van der Waals surface area contributed by atoms with Crippen LogP contribution in [0.25, 0.3) is 0 Å². The van der Waals surface area contributed by atoms with Crippen LogP contribution < -0.4 is 0 Å². The van der Waals surface area contributed by atoms with Gasteiger partial charge in [0, 0.05) is 29.1 Å². The van der Waals surface area contributed by atoms with E-state index in [1.54, 1.807) is 23.2 Å². The fourth-order valence-electron chi connectivity index (χ4n) is 5.20. The first kappa shape index (κ1) is 25.1. The van der Waals surface area contributed by atoms with Crippen molar-refractivity contribution < 1.29 is 19.2 Å². The molecule has 8 heteroatoms. The lowest BCUT2D eigenvalue weighted by molar-refractivity contribution is -0.150. The molecule has 4 rings (SSSR count). The molecule has 2 aromatic heterocycles. The largest absolute Gasteiger partial charge is 0.479 e. The number of carbonyl (C=O) groups is 2. The van der Waals surface area contributed by atoms with E-state index in [0.717, 1.165) is 5.56 Å². The Bertz CT molecular complexity index is 1190. The number of nitrogens with zero attached hydrogens (tertiary/aromatic N) is 3. The molecule has 1 aliphatic heterocycles. The maximum atomic E-state index is 14.2. The van der Waals surface area contributed by atoms with Gasteiger partial charge in [-0.05, 0) is 48.8 Å². The molecule has 1 aliphatic rings. The quantitative estimate of drug-likeness (QED) is 0.452. The van der Waals surface area contributed by atoms with Crippen LogP contribution >= 0.6 is 11.3 Å². The van der Waals surface area contributed by atoms with Gasteiger partial charge in [0.15, 0.2) is 0 Å². The second-order valence-electron chi connectivity index (χ2n) is 10.9. The number of likely N-dealkylation sites (tertiary alicyclic amines) is 1. The van der Waals surface area contributed by atoms with E-state index in [1.807, 2.05) is 44.4 Å². The first-order valence-corrected chi connectivity index (χ1v) is 12.8. The molecule has 1 saturated heterocycles. The number of carbonyl (C=O) groups excluding carboxylic acids is 1. The van der Waals surface area contributed by atoms with Crippen LogP contribution in [0.1, 0.15) is 91.8 Å². The zero-order valence-electron chi connectivity index (χ0n) is 21.1. The number of benzene rings is 1. The molecule has 1 amide bonds. The fourth-order valence-corrected chi connectivity index (χ4v) is 6.00. The van der Waals surface area contributed by atoms with Gasteiger partial charge in [-0.3, -0.25) is 4.79 Å². The van der Waals surface area contributed by atoms with E-state index < -0.39 is 17.6 Å². The van der Waals surface area contributed by atoms with E-state index >= 15 is 0 Å². The lowest BCUT2D eigenvalue weighted by Gasteiger charge is -2.38. The minimum atomic E-state index is -1.41. The van der Waals surface area contributed by atoms with E-state index in [4.69, 9.17) is 4.52 Å². The van der Waals surface area contributed by atoms with Crippen LogP contribution in [0.4, 0.5) is 0 Å². The van der Waals surface area contributed by atoms with E-state index in [-0.39, 0.29) is 29.6 Å². The van der Waals surface area contributed by atoms with E-state index in [0.29, 0.717) is 28.4 Å². The number of hydrogen-bond acceptors (Lipinski definition) is 6. The van der Waals surface area contributed by atoms with E-state index in [1.165, 1.54) is 11.3 Å². The van der Waals surface area contributed by atoms with Crippen LogP contribution in [0, 0.1) is 12.8 Å². The molecule has 1 fully saturated rings. The number of rotatable bonds is 6. The molecule has 3 atom stereocenters. The normalized spacial score (nSPS) is 22.7. The number of aromatic nitrogens is 2. The maximum absolute atomic E-state index is 14.2. The highest BCUT2D eigenvalue weighted by atomic mass is 32.1. The van der Waals surface area contributed by atoms with Gasteiger partial charge in [0.1, 0.15) is 16.3 Å². The zero-order valence-corrected chi connectivity index (χ0v) is 21.9. The third kappa shape index (κ3) is 4.63. The third-order valence-electron chi connectivity index (χ3n) is 6.75. The number of amides is 1. The molecule has 3 aromatic rings. The van der Waals surface area contributed by atoms with Crippen LogP contribution in [0.5, 0.6) is 0 Å². The summed E-state index contributed by atoms with van der Waals surface area (Å²) in [7, 11) is 0. The average molecular weight is 496 g/mol. The number of aliphatic carboxylic acids is 1. The van der Waals surface area contributed by atoms with Gasteiger partial charge in [-0.15, -0.1) is 11.3 Å². The van der Waals surface area contributed by atoms with Gasteiger partial charge in [0.25, 0.3) is 5.91 Å². The highest BCUT2D eigenvalue weighted by Gasteiger charge is 2.60. The maximum Gasteiger partial charge on any atom is 0.329 e. The Balaban J connectivity index is 1.89. The van der Waals surface area contributed by atoms with Gasteiger partial charge < -0.3 is 14.5 Å². The van der Waals surface area contributed by atoms with E-state index in [9.17, 15) is 14.7 Å². The Morgan fingerprint density at radius 3 is 2.43 bits per heavy atom. The van der Waals surface area contributed by atoms with Crippen molar-refractivity contribution in [1.29, 1.82) is 0 Å². The summed E-state index contributed by atoms with van der Waals surface area (Å²) in [6, 6.07) is 8.76. The summed E-state index contributed by atoms with van der Waals surface area (Å²) >= 11 is 1.42. The molecule has 0 saturated carbocycles. The molecule has 7 nitrogen and oxygen atoms in total. The first-order valence-electron chi connectivity index (χ1n) is 11.9. The van der Waals surface area contributed by atoms with Crippen molar-refractivity contribution in [2.24, 2.45) is 5.92 Å². The summed E-state index contributed by atoms with van der Waals surface area (Å²) < 4.78 is 5.64. The molecule has 0 radical (unpaired) electrons. The third-order valence-corrected chi connectivity index (χ3v) is 7.60. The van der Waals surface area contributed by atoms with Crippen LogP contribution in [0.15, 0.2) is 46.4 Å². The standard InChI is InChI=1S/C27H33N3O4S/c1-16(2)14-27(25(32)33)15-20(21-13-17(3)29-34-21)22(23-28-11-12-35-23)30(27)24(31)18-7-9-19(10-8-18)26(4,5)6/h7-13,16,20,22H,14-15H2,1-6H3,(H,32,33)/t20-,22+,27-/m0/s1. The molecule has 1 aromatic carbocycles. The smallest absolute Gasteiger partial charge is 0.329 e. The van der Waals surface area contributed by atoms with Crippen molar-refractivity contribution in [1.82, 2.24) is 15.0 Å². The zero-order chi connectivity index (χ0) is 25.5. The second kappa shape index (κ2) is 9.22. The summed E-state index contributed by atoms with van der Waals surface area (Å²) in [4.78, 5) is 33.3. The molecule has 186 valence electrons. The molecular weight excluding hydrogens is 462 g/mol. The minimum Gasteiger partial charge on any atom is -0.479 e. The molecule has 0 aliphatic carbocycles. The van der Waals surface area contributed by atoms with Crippen LogP contribution in [-0.2, 0) is 10.2 Å². The summed E-state index contributed by atoms with van der Waals surface area (Å²) in [5, 5.41) is 17.2. The van der Waals surface area contributed by atoms with Crippen molar-refractivity contribution in [3.63, 3.8) is 0 Å². The lowest BCUT2D eigenvalue weighted by atomic mass is 9.83. The van der Waals surface area contributed by atoms with Crippen LogP contribution in [0.3, 0.4) is 0 Å². The first-order chi connectivity index (χ1) is 16.4. The number of carboxylic acids is 1. The molecule has 0 bridgehead atoms. The average Bonchev–Trinajstić information content (AvgIpc) is 3.51. The van der Waals surface area contributed by atoms with E-state index in [2.05, 4.69) is 30.9 Å². The number of hydrogen-bond donors (Lipinski definition) is 1. The number of aryl methyl sites for hydroxylation is 1. The summed E-state index contributed by atoms with van der Waals surface area (Å²) in [5.74, 6) is -1.07. The molecule has 0 unspecified atom stereocenters. The fraction of sp³-hybridized carbons (Fsp3) is 0.481. The van der Waals surface area contributed by atoms with Gasteiger partial charge in [-0.25, -0.2) is 9.78 Å². The Morgan fingerprint density at radius 1 is 1.26 bits per heavy atom. The minimum absolute atomic E-state index is 0.0526. The highest BCUT2D eigenvalue weighted by molar-refractivity contribution is 7.09. The van der Waals surface area contributed by atoms with Crippen molar-refractivity contribution in [2.45, 2.75) is 77.3 Å². The predicted molar refractivity (Wildman–Crippen MR) is 135 cm³/mol. The summed E-state index contributed by atoms with van der Waals surface area (Å²) in [5.41, 5.74) is 0.814. The van der Waals surface area contributed by atoms with Crippen molar-refractivity contribution >= 4 is 23.2 Å². The Labute approximate surface area is 210 Å². The molecule has 35 heavy (non-hydrogen) atoms. The lowest BCUT2D eigenvalue weighted by Crippen LogP contribution is -2.54. The van der Waals surface area contributed by atoms with Gasteiger partial charge in [0.2, 0.25) is 0 Å². The monoisotopic (exact) mass is 495 g/mol. The molecule has 3 heterocycles. The Kier molecular flexibility index (Phi) is 6.62. The van der Waals surface area contributed by atoms with Gasteiger partial charge in [0.05, 0.1) is 11.7 Å². The van der Waals surface area contributed by atoms with Crippen molar-refractivity contribution in [3.05, 3.63) is 69.5 Å². The Morgan fingerprint density at radius 2 is 1.94 bits per heavy atom. The summed E-state index contributed by atoms with van der Waals surface area (Å²) in [6.07, 6.45) is 2.23. The van der Waals surface area contributed by atoms with Crippen LogP contribution in [0.2, 0.25) is 0 Å². The molecule has 0 spiro atoms. The van der Waals surface area contributed by atoms with Crippen molar-refractivity contribution in [2.75, 3.05) is 0 Å². The van der Waals surface area contributed by atoms with Crippen molar-refractivity contribution in [3.8, 4) is 0 Å². The molecular formula is C27H33N3O4S. The topological polar surface area (TPSA) is 96.5 Å². The second-order valence-corrected chi connectivity index (χ2v) is 11.9. The molecule has 1 N–H and O–H groups in total. The van der Waals surface area contributed by atoms with Gasteiger partial charge in [-0.2, -0.15) is 0 Å². The van der Waals surface area contributed by atoms with Gasteiger partial charge in [-0.1, -0.05) is 51.9 Å². The predicted octanol–water partition coefficient (Wildman–Crippen LogP) is 5.98. The number of thiazole rings is 1. The summed E-state index contributed by atoms with van der Waals surface area (Å²) in [6.45, 7) is 12.1. The SMILES string of the molecule is Cc1cc([C@@H]2C[C@@](CC(C)C)(C(=O)O)N(C(=O)c3ccc(C(C)(C)C)cc3)[C@H]2c2nccs2)on1. The van der Waals surface area contributed by atoms with Gasteiger partial charge >= 0.3 is 5.97 Å². The Hall–Kier alpha value is -3.00. The van der Waals surface area contributed by atoms with Crippen LogP contribution in [-0.4, -0.2) is 37.6 Å². The number of carboxylic acid groups (broad SMARTS) is 1. The highest BCUT2D eigenvalue weighted by Crippen LogP contribution is 2.55.